The lowest BCUT2D eigenvalue weighted by molar-refractivity contribution is -0.0497. The van der Waals surface area contributed by atoms with Crippen LogP contribution in [0.3, 0.4) is 0 Å². The summed E-state index contributed by atoms with van der Waals surface area (Å²) in [6.07, 6.45) is 0.858. The maximum atomic E-state index is 12.9. The van der Waals surface area contributed by atoms with Gasteiger partial charge in [-0.1, -0.05) is 6.07 Å². The van der Waals surface area contributed by atoms with Crippen LogP contribution in [-0.2, 0) is 16.6 Å². The third-order valence-electron chi connectivity index (χ3n) is 5.70. The highest BCUT2D eigenvalue weighted by Crippen LogP contribution is 2.31. The van der Waals surface area contributed by atoms with Gasteiger partial charge in [-0.15, -0.1) is 0 Å². The molecule has 1 aliphatic rings. The molecule has 0 spiro atoms. The maximum absolute atomic E-state index is 12.9. The second-order valence-corrected chi connectivity index (χ2v) is 9.42. The van der Waals surface area contributed by atoms with Gasteiger partial charge in [-0.2, -0.15) is 17.5 Å². The molecule has 0 bridgehead atoms. The Bertz CT molecular complexity index is 1320. The summed E-state index contributed by atoms with van der Waals surface area (Å²) in [6, 6.07) is 5.00. The molecule has 1 fully saturated rings. The molecule has 30 heavy (non-hydrogen) atoms. The van der Waals surface area contributed by atoms with E-state index in [1.807, 2.05) is 0 Å². The number of nitrogens with zero attached hydrogens (tertiary/aromatic N) is 4. The van der Waals surface area contributed by atoms with Gasteiger partial charge in [-0.25, -0.2) is 13.4 Å². The number of imidazole rings is 1. The zero-order valence-electron chi connectivity index (χ0n) is 16.0. The van der Waals surface area contributed by atoms with E-state index < -0.39 is 26.7 Å². The van der Waals surface area contributed by atoms with Gasteiger partial charge in [0.05, 0.1) is 5.69 Å². The molecule has 1 saturated heterocycles. The minimum absolute atomic E-state index is 0.0889. The summed E-state index contributed by atoms with van der Waals surface area (Å²) < 4.78 is 64.2. The number of halogens is 3. The molecule has 12 heteroatoms. The first kappa shape index (κ1) is 20.8. The van der Waals surface area contributed by atoms with Crippen LogP contribution >= 0.6 is 0 Å². The second-order valence-electron chi connectivity index (χ2n) is 7.49. The monoisotopic (exact) mass is 444 g/mol. The molecule has 0 atom stereocenters. The molecular formula is C18H19F3N4O4S. The zero-order chi connectivity index (χ0) is 21.8. The highest BCUT2D eigenvalue weighted by molar-refractivity contribution is 7.90. The Kier molecular flexibility index (Phi) is 4.88. The number of pyridine rings is 1. The summed E-state index contributed by atoms with van der Waals surface area (Å²) in [4.78, 5) is 30.0. The molecule has 3 aromatic rings. The Morgan fingerprint density at radius 3 is 2.43 bits per heavy atom. The van der Waals surface area contributed by atoms with Crippen LogP contribution in [0.5, 0.6) is 0 Å². The Balaban J connectivity index is 1.54. The van der Waals surface area contributed by atoms with Crippen molar-refractivity contribution < 1.29 is 21.6 Å². The molecule has 1 aliphatic heterocycles. The van der Waals surface area contributed by atoms with E-state index in [0.29, 0.717) is 33.1 Å². The first-order chi connectivity index (χ1) is 14.0. The standard InChI is InChI=1S/C18H19F3N4O4S/c1-11-15-17(27)24(16(26)13-3-2-4-14(22-11)25(13)15)10-7-12-5-8-23(9-6-12)30(28,29)18(19,20)21/h2-4,12H,5-10H2,1H3. The quantitative estimate of drug-likeness (QED) is 0.611. The summed E-state index contributed by atoms with van der Waals surface area (Å²) in [7, 11) is -5.32. The number of sulfonamides is 1. The summed E-state index contributed by atoms with van der Waals surface area (Å²) >= 11 is 0. The molecule has 0 N–H and O–H groups in total. The van der Waals surface area contributed by atoms with Crippen LogP contribution in [0.4, 0.5) is 13.2 Å². The SMILES string of the molecule is Cc1nc2cccc3c(=O)n(CCC4CCN(S(=O)(=O)C(F)(F)F)CC4)c(=O)c1n23. The molecular weight excluding hydrogens is 425 g/mol. The first-order valence-corrected chi connectivity index (χ1v) is 10.9. The van der Waals surface area contributed by atoms with Crippen molar-refractivity contribution in [2.75, 3.05) is 13.1 Å². The number of hydrogen-bond donors (Lipinski definition) is 0. The van der Waals surface area contributed by atoms with Crippen LogP contribution < -0.4 is 11.1 Å². The number of piperidine rings is 1. The van der Waals surface area contributed by atoms with E-state index in [2.05, 4.69) is 4.98 Å². The summed E-state index contributed by atoms with van der Waals surface area (Å²) in [5.41, 5.74) is -4.54. The largest absolute Gasteiger partial charge is 0.511 e. The summed E-state index contributed by atoms with van der Waals surface area (Å²) in [5, 5.41) is 0. The Labute approximate surface area is 168 Å². The van der Waals surface area contributed by atoms with E-state index in [4.69, 9.17) is 0 Å². The fourth-order valence-corrected chi connectivity index (χ4v) is 5.07. The maximum Gasteiger partial charge on any atom is 0.511 e. The van der Waals surface area contributed by atoms with Crippen molar-refractivity contribution in [3.8, 4) is 0 Å². The van der Waals surface area contributed by atoms with Crippen LogP contribution in [0.15, 0.2) is 27.8 Å². The van der Waals surface area contributed by atoms with Crippen molar-refractivity contribution in [1.82, 2.24) is 18.3 Å². The predicted octanol–water partition coefficient (Wildman–Crippen LogP) is 1.71. The van der Waals surface area contributed by atoms with E-state index in [-0.39, 0.29) is 38.4 Å². The lowest BCUT2D eigenvalue weighted by Crippen LogP contribution is -2.45. The average molecular weight is 444 g/mol. The van der Waals surface area contributed by atoms with Crippen LogP contribution in [0.25, 0.3) is 16.7 Å². The van der Waals surface area contributed by atoms with Crippen LogP contribution in [-0.4, -0.2) is 45.3 Å². The Morgan fingerprint density at radius 1 is 1.13 bits per heavy atom. The molecule has 0 unspecified atom stereocenters. The third kappa shape index (κ3) is 3.18. The fraction of sp³-hybridized carbons (Fsp3) is 0.500. The molecule has 0 aliphatic carbocycles. The molecule has 0 radical (unpaired) electrons. The molecule has 4 rings (SSSR count). The third-order valence-corrected chi connectivity index (χ3v) is 7.33. The molecule has 8 nitrogen and oxygen atoms in total. The van der Waals surface area contributed by atoms with Crippen molar-refractivity contribution in [2.24, 2.45) is 5.92 Å². The molecule has 0 aromatic carbocycles. The number of rotatable bonds is 4. The number of hydrogen-bond acceptors (Lipinski definition) is 5. The van der Waals surface area contributed by atoms with E-state index in [1.165, 1.54) is 4.40 Å². The zero-order valence-corrected chi connectivity index (χ0v) is 16.8. The summed E-state index contributed by atoms with van der Waals surface area (Å²) in [5.74, 6) is -0.0889. The van der Waals surface area contributed by atoms with Gasteiger partial charge in [0.1, 0.15) is 16.7 Å². The molecule has 0 amide bonds. The van der Waals surface area contributed by atoms with Crippen LogP contribution in [0, 0.1) is 12.8 Å². The van der Waals surface area contributed by atoms with Crippen molar-refractivity contribution in [1.29, 1.82) is 0 Å². The Hall–Kier alpha value is -2.47. The van der Waals surface area contributed by atoms with E-state index in [1.54, 1.807) is 25.1 Å². The molecule has 3 aromatic heterocycles. The van der Waals surface area contributed by atoms with Gasteiger partial charge in [0.25, 0.3) is 11.1 Å². The second kappa shape index (κ2) is 7.05. The van der Waals surface area contributed by atoms with Gasteiger partial charge in [-0.3, -0.25) is 18.6 Å². The minimum atomic E-state index is -5.32. The Morgan fingerprint density at radius 2 is 1.80 bits per heavy atom. The first-order valence-electron chi connectivity index (χ1n) is 9.43. The summed E-state index contributed by atoms with van der Waals surface area (Å²) in [6.45, 7) is 1.32. The van der Waals surface area contributed by atoms with Crippen molar-refractivity contribution in [3.05, 3.63) is 44.6 Å². The van der Waals surface area contributed by atoms with Gasteiger partial charge in [0, 0.05) is 19.6 Å². The van der Waals surface area contributed by atoms with E-state index in [9.17, 15) is 31.2 Å². The van der Waals surface area contributed by atoms with Gasteiger partial charge in [0.15, 0.2) is 0 Å². The van der Waals surface area contributed by atoms with Crippen molar-refractivity contribution in [2.45, 2.75) is 38.2 Å². The molecule has 162 valence electrons. The smallest absolute Gasteiger partial charge is 0.283 e. The van der Waals surface area contributed by atoms with Gasteiger partial charge >= 0.3 is 15.5 Å². The lowest BCUT2D eigenvalue weighted by atomic mass is 9.94. The van der Waals surface area contributed by atoms with Crippen LogP contribution in [0.1, 0.15) is 25.0 Å². The lowest BCUT2D eigenvalue weighted by Gasteiger charge is -2.31. The highest BCUT2D eigenvalue weighted by Gasteiger charge is 2.50. The fourth-order valence-electron chi connectivity index (χ4n) is 4.08. The van der Waals surface area contributed by atoms with Gasteiger partial charge < -0.3 is 0 Å². The molecule has 0 saturated carbocycles. The topological polar surface area (TPSA) is 93.8 Å². The minimum Gasteiger partial charge on any atom is -0.283 e. The number of alkyl halides is 3. The average Bonchev–Trinajstić information content (AvgIpc) is 3.02. The highest BCUT2D eigenvalue weighted by atomic mass is 32.2. The number of aryl methyl sites for hydroxylation is 1. The normalized spacial score (nSPS) is 17.3. The number of aromatic nitrogens is 3. The van der Waals surface area contributed by atoms with E-state index in [0.717, 1.165) is 4.57 Å². The van der Waals surface area contributed by atoms with Crippen LogP contribution in [0.2, 0.25) is 0 Å². The van der Waals surface area contributed by atoms with E-state index >= 15 is 0 Å². The van der Waals surface area contributed by atoms with Gasteiger partial charge in [-0.05, 0) is 44.2 Å². The van der Waals surface area contributed by atoms with Crippen molar-refractivity contribution in [3.63, 3.8) is 0 Å². The van der Waals surface area contributed by atoms with Crippen molar-refractivity contribution >= 4 is 26.7 Å². The molecule has 4 heterocycles. The van der Waals surface area contributed by atoms with Gasteiger partial charge in [0.2, 0.25) is 0 Å². The predicted molar refractivity (Wildman–Crippen MR) is 103 cm³/mol.